The fourth-order valence-electron chi connectivity index (χ4n) is 2.82. The first-order chi connectivity index (χ1) is 11.6. The second-order valence-corrected chi connectivity index (χ2v) is 7.70. The standard InChI is InChI=1S/C19H20FNO2S/c20-17-9-5-4-6-15(17)12-24(23)13-18(22)21-14-19(10-11-19)16-7-2-1-3-8-16/h1-9H,10-14H2,(H,21,22). The van der Waals surface area contributed by atoms with Crippen molar-refractivity contribution in [2.24, 2.45) is 0 Å². The molecule has 24 heavy (non-hydrogen) atoms. The van der Waals surface area contributed by atoms with Crippen LogP contribution in [0.15, 0.2) is 54.6 Å². The Balaban J connectivity index is 1.50. The number of halogens is 1. The number of amides is 1. The third kappa shape index (κ3) is 4.09. The molecule has 1 saturated carbocycles. The molecule has 0 heterocycles. The molecule has 0 aliphatic heterocycles. The lowest BCUT2D eigenvalue weighted by atomic mass is 9.96. The van der Waals surface area contributed by atoms with E-state index in [0.29, 0.717) is 12.1 Å². The van der Waals surface area contributed by atoms with Gasteiger partial charge in [-0.25, -0.2) is 4.39 Å². The van der Waals surface area contributed by atoms with Crippen molar-refractivity contribution in [2.75, 3.05) is 12.3 Å². The van der Waals surface area contributed by atoms with Crippen molar-refractivity contribution in [1.29, 1.82) is 0 Å². The van der Waals surface area contributed by atoms with Crippen molar-refractivity contribution in [3.63, 3.8) is 0 Å². The largest absolute Gasteiger partial charge is 0.354 e. The van der Waals surface area contributed by atoms with E-state index in [2.05, 4.69) is 17.4 Å². The quantitative estimate of drug-likeness (QED) is 0.839. The lowest BCUT2D eigenvalue weighted by molar-refractivity contribution is -0.118. The summed E-state index contributed by atoms with van der Waals surface area (Å²) in [4.78, 5) is 12.0. The van der Waals surface area contributed by atoms with Crippen molar-refractivity contribution in [3.8, 4) is 0 Å². The highest BCUT2D eigenvalue weighted by atomic mass is 32.2. The smallest absolute Gasteiger partial charge is 0.232 e. The Hall–Kier alpha value is -2.01. The summed E-state index contributed by atoms with van der Waals surface area (Å²) in [5.41, 5.74) is 1.65. The molecule has 1 atom stereocenters. The molecule has 0 aromatic heterocycles. The maximum absolute atomic E-state index is 13.6. The van der Waals surface area contributed by atoms with E-state index in [0.717, 1.165) is 12.8 Å². The molecule has 2 aromatic carbocycles. The molecule has 1 aliphatic rings. The molecule has 1 aliphatic carbocycles. The summed E-state index contributed by atoms with van der Waals surface area (Å²) >= 11 is 0. The summed E-state index contributed by atoms with van der Waals surface area (Å²) in [7, 11) is -1.42. The third-order valence-electron chi connectivity index (χ3n) is 4.43. The van der Waals surface area contributed by atoms with Crippen LogP contribution in [0.3, 0.4) is 0 Å². The Kier molecular flexibility index (Phi) is 5.09. The average Bonchev–Trinajstić information content (AvgIpc) is 3.37. The summed E-state index contributed by atoms with van der Waals surface area (Å²) in [6, 6.07) is 16.4. The average molecular weight is 345 g/mol. The number of hydrogen-bond acceptors (Lipinski definition) is 2. The maximum atomic E-state index is 13.6. The number of hydrogen-bond donors (Lipinski definition) is 1. The summed E-state index contributed by atoms with van der Waals surface area (Å²) in [5, 5.41) is 2.89. The number of rotatable bonds is 7. The van der Waals surface area contributed by atoms with E-state index in [4.69, 9.17) is 0 Å². The molecule has 1 fully saturated rings. The van der Waals surface area contributed by atoms with E-state index in [1.54, 1.807) is 18.2 Å². The highest BCUT2D eigenvalue weighted by Crippen LogP contribution is 2.47. The van der Waals surface area contributed by atoms with Crippen LogP contribution in [0.2, 0.25) is 0 Å². The van der Waals surface area contributed by atoms with Gasteiger partial charge in [0, 0.05) is 28.3 Å². The van der Waals surface area contributed by atoms with Gasteiger partial charge in [-0.15, -0.1) is 0 Å². The van der Waals surface area contributed by atoms with Gasteiger partial charge in [-0.05, 0) is 24.5 Å². The van der Waals surface area contributed by atoms with E-state index in [-0.39, 0.29) is 28.6 Å². The molecule has 2 aromatic rings. The van der Waals surface area contributed by atoms with Gasteiger partial charge in [0.1, 0.15) is 11.6 Å². The lowest BCUT2D eigenvalue weighted by Crippen LogP contribution is -2.35. The first-order valence-electron chi connectivity index (χ1n) is 8.00. The van der Waals surface area contributed by atoms with Crippen molar-refractivity contribution >= 4 is 16.7 Å². The monoisotopic (exact) mass is 345 g/mol. The predicted molar refractivity (Wildman–Crippen MR) is 93.5 cm³/mol. The molecule has 0 bridgehead atoms. The van der Waals surface area contributed by atoms with Gasteiger partial charge in [-0.1, -0.05) is 48.5 Å². The SMILES string of the molecule is O=C(CS(=O)Cc1ccccc1F)NCC1(c2ccccc2)CC1. The fourth-order valence-corrected chi connectivity index (χ4v) is 3.89. The van der Waals surface area contributed by atoms with Gasteiger partial charge in [-0.3, -0.25) is 9.00 Å². The van der Waals surface area contributed by atoms with Gasteiger partial charge in [0.15, 0.2) is 0 Å². The first-order valence-corrected chi connectivity index (χ1v) is 9.48. The minimum atomic E-state index is -1.42. The zero-order chi connectivity index (χ0) is 17.0. The molecule has 0 radical (unpaired) electrons. The van der Waals surface area contributed by atoms with Gasteiger partial charge in [0.2, 0.25) is 5.91 Å². The van der Waals surface area contributed by atoms with Crippen LogP contribution in [0, 0.1) is 5.82 Å². The fraction of sp³-hybridized carbons (Fsp3) is 0.316. The van der Waals surface area contributed by atoms with Crippen molar-refractivity contribution in [2.45, 2.75) is 24.0 Å². The molecule has 0 spiro atoms. The number of carbonyl (C=O) groups is 1. The lowest BCUT2D eigenvalue weighted by Gasteiger charge is -2.16. The summed E-state index contributed by atoms with van der Waals surface area (Å²) in [5.74, 6) is -0.664. The molecular formula is C19H20FNO2S. The molecule has 5 heteroatoms. The molecular weight excluding hydrogens is 325 g/mol. The van der Waals surface area contributed by atoms with Gasteiger partial charge < -0.3 is 5.32 Å². The molecule has 3 rings (SSSR count). The second-order valence-electron chi connectivity index (χ2n) is 6.24. The number of benzene rings is 2. The Bertz CT molecular complexity index is 744. The van der Waals surface area contributed by atoms with Crippen LogP contribution in [0.4, 0.5) is 4.39 Å². The molecule has 3 nitrogen and oxygen atoms in total. The minimum absolute atomic E-state index is 0.0317. The Morgan fingerprint density at radius 2 is 1.75 bits per heavy atom. The van der Waals surface area contributed by atoms with Crippen molar-refractivity contribution in [1.82, 2.24) is 5.32 Å². The molecule has 1 unspecified atom stereocenters. The summed E-state index contributed by atoms with van der Waals surface area (Å²) in [6.07, 6.45) is 2.10. The first kappa shape index (κ1) is 16.8. The van der Waals surface area contributed by atoms with Crippen LogP contribution in [0.5, 0.6) is 0 Å². The zero-order valence-corrected chi connectivity index (χ0v) is 14.2. The van der Waals surface area contributed by atoms with Crippen molar-refractivity contribution in [3.05, 3.63) is 71.5 Å². The number of carbonyl (C=O) groups excluding carboxylic acids is 1. The second kappa shape index (κ2) is 7.26. The van der Waals surface area contributed by atoms with Crippen LogP contribution in [0.1, 0.15) is 24.0 Å². The van der Waals surface area contributed by atoms with Crippen LogP contribution in [0.25, 0.3) is 0 Å². The molecule has 126 valence electrons. The predicted octanol–water partition coefficient (Wildman–Crippen LogP) is 2.92. The zero-order valence-electron chi connectivity index (χ0n) is 13.3. The van der Waals surface area contributed by atoms with Gasteiger partial charge in [0.05, 0.1) is 5.75 Å². The Morgan fingerprint density at radius 3 is 2.42 bits per heavy atom. The summed E-state index contributed by atoms with van der Waals surface area (Å²) < 4.78 is 25.6. The highest BCUT2D eigenvalue weighted by Gasteiger charge is 2.44. The molecule has 1 N–H and O–H groups in total. The topological polar surface area (TPSA) is 46.2 Å². The van der Waals surface area contributed by atoms with Crippen LogP contribution in [-0.2, 0) is 26.8 Å². The minimum Gasteiger partial charge on any atom is -0.354 e. The number of nitrogens with one attached hydrogen (secondary N) is 1. The third-order valence-corrected chi connectivity index (χ3v) is 5.65. The van der Waals surface area contributed by atoms with Crippen LogP contribution in [-0.4, -0.2) is 22.4 Å². The van der Waals surface area contributed by atoms with Gasteiger partial charge in [0.25, 0.3) is 0 Å². The van der Waals surface area contributed by atoms with Crippen LogP contribution < -0.4 is 5.32 Å². The maximum Gasteiger partial charge on any atom is 0.232 e. The van der Waals surface area contributed by atoms with E-state index in [1.807, 2.05) is 18.2 Å². The van der Waals surface area contributed by atoms with E-state index in [9.17, 15) is 13.4 Å². The Morgan fingerprint density at radius 1 is 1.08 bits per heavy atom. The van der Waals surface area contributed by atoms with Crippen molar-refractivity contribution < 1.29 is 13.4 Å². The Labute approximate surface area is 143 Å². The van der Waals surface area contributed by atoms with Gasteiger partial charge >= 0.3 is 0 Å². The van der Waals surface area contributed by atoms with Crippen LogP contribution >= 0.6 is 0 Å². The molecule has 1 amide bonds. The molecule has 0 saturated heterocycles. The normalized spacial score (nSPS) is 16.4. The van der Waals surface area contributed by atoms with E-state index >= 15 is 0 Å². The highest BCUT2D eigenvalue weighted by molar-refractivity contribution is 7.84. The summed E-state index contributed by atoms with van der Waals surface area (Å²) in [6.45, 7) is 0.562. The van der Waals surface area contributed by atoms with Gasteiger partial charge in [-0.2, -0.15) is 0 Å². The van der Waals surface area contributed by atoms with E-state index < -0.39 is 10.8 Å². The van der Waals surface area contributed by atoms with E-state index in [1.165, 1.54) is 11.6 Å².